The normalized spacial score (nSPS) is 11.6. The Hall–Kier alpha value is -3.29. The first-order valence-electron chi connectivity index (χ1n) is 8.57. The van der Waals surface area contributed by atoms with E-state index < -0.39 is 23.1 Å². The first-order chi connectivity index (χ1) is 13.2. The van der Waals surface area contributed by atoms with Crippen molar-refractivity contribution in [3.8, 4) is 0 Å². The van der Waals surface area contributed by atoms with Gasteiger partial charge in [-0.25, -0.2) is 0 Å². The van der Waals surface area contributed by atoms with Crippen LogP contribution >= 0.6 is 0 Å². The fraction of sp³-hybridized carbons (Fsp3) is 0.200. The summed E-state index contributed by atoms with van der Waals surface area (Å²) in [7, 11) is 0. The second-order valence-corrected chi connectivity index (χ2v) is 6.31. The molecule has 0 spiro atoms. The van der Waals surface area contributed by atoms with Crippen LogP contribution in [0.2, 0.25) is 0 Å². The standard InChI is InChI=1S/C20H18F3N3O2/c1-2-26-11-16(19(28)25-10-12-3-6-14(24)7-4-12)18(27)15-9-13(20(21,22)23)5-8-17(15)26/h3-9,11H,2,10,24H2,1H3,(H,25,28). The molecule has 0 aliphatic carbocycles. The molecule has 1 heterocycles. The number of nitrogens with zero attached hydrogens (tertiary/aromatic N) is 1. The minimum absolute atomic E-state index is 0.142. The second-order valence-electron chi connectivity index (χ2n) is 6.31. The number of fused-ring (bicyclic) bond motifs is 1. The summed E-state index contributed by atoms with van der Waals surface area (Å²) < 4.78 is 40.7. The number of nitrogens with two attached hydrogens (primary N) is 1. The molecule has 0 aliphatic rings. The highest BCUT2D eigenvalue weighted by molar-refractivity contribution is 5.97. The maximum absolute atomic E-state index is 13.0. The Bertz CT molecular complexity index is 1090. The van der Waals surface area contributed by atoms with E-state index in [1.807, 2.05) is 0 Å². The summed E-state index contributed by atoms with van der Waals surface area (Å²) in [4.78, 5) is 25.2. The first-order valence-corrected chi connectivity index (χ1v) is 8.57. The fourth-order valence-corrected chi connectivity index (χ4v) is 2.91. The van der Waals surface area contributed by atoms with Crippen LogP contribution in [0.5, 0.6) is 0 Å². The number of halogens is 3. The molecule has 3 N–H and O–H groups in total. The number of pyridine rings is 1. The summed E-state index contributed by atoms with van der Waals surface area (Å²) in [5.41, 5.74) is 5.44. The highest BCUT2D eigenvalue weighted by atomic mass is 19.4. The number of nitrogens with one attached hydrogen (secondary N) is 1. The Morgan fingerprint density at radius 2 is 1.82 bits per heavy atom. The van der Waals surface area contributed by atoms with Gasteiger partial charge in [0.1, 0.15) is 5.56 Å². The summed E-state index contributed by atoms with van der Waals surface area (Å²) in [6.45, 7) is 2.32. The van der Waals surface area contributed by atoms with Gasteiger partial charge in [-0.15, -0.1) is 0 Å². The number of anilines is 1. The molecule has 3 rings (SSSR count). The minimum Gasteiger partial charge on any atom is -0.399 e. The van der Waals surface area contributed by atoms with Gasteiger partial charge in [0.15, 0.2) is 0 Å². The molecule has 28 heavy (non-hydrogen) atoms. The quantitative estimate of drug-likeness (QED) is 0.670. The summed E-state index contributed by atoms with van der Waals surface area (Å²) >= 11 is 0. The number of rotatable bonds is 4. The highest BCUT2D eigenvalue weighted by Gasteiger charge is 2.31. The molecule has 0 fully saturated rings. The van der Waals surface area contributed by atoms with E-state index in [9.17, 15) is 22.8 Å². The molecule has 3 aromatic rings. The van der Waals surface area contributed by atoms with Crippen molar-refractivity contribution in [2.24, 2.45) is 0 Å². The smallest absolute Gasteiger partial charge is 0.399 e. The van der Waals surface area contributed by atoms with Gasteiger partial charge in [-0.1, -0.05) is 12.1 Å². The van der Waals surface area contributed by atoms with E-state index in [0.29, 0.717) is 17.7 Å². The molecule has 146 valence electrons. The van der Waals surface area contributed by atoms with Crippen LogP contribution in [-0.4, -0.2) is 10.5 Å². The third-order valence-corrected chi connectivity index (χ3v) is 4.43. The molecule has 0 saturated carbocycles. The summed E-state index contributed by atoms with van der Waals surface area (Å²) in [6, 6.07) is 9.79. The zero-order chi connectivity index (χ0) is 20.5. The van der Waals surface area contributed by atoms with Crippen LogP contribution in [0.4, 0.5) is 18.9 Å². The van der Waals surface area contributed by atoms with Crippen molar-refractivity contribution in [3.05, 3.63) is 75.6 Å². The lowest BCUT2D eigenvalue weighted by atomic mass is 10.1. The van der Waals surface area contributed by atoms with Crippen LogP contribution in [0.1, 0.15) is 28.4 Å². The zero-order valence-corrected chi connectivity index (χ0v) is 15.0. The van der Waals surface area contributed by atoms with Crippen LogP contribution in [-0.2, 0) is 19.3 Å². The lowest BCUT2D eigenvalue weighted by molar-refractivity contribution is -0.137. The van der Waals surface area contributed by atoms with Crippen molar-refractivity contribution >= 4 is 22.5 Å². The maximum Gasteiger partial charge on any atom is 0.416 e. The van der Waals surface area contributed by atoms with Crippen molar-refractivity contribution in [2.45, 2.75) is 26.2 Å². The van der Waals surface area contributed by atoms with Gasteiger partial charge in [0.25, 0.3) is 5.91 Å². The Labute approximate surface area is 158 Å². The molecule has 5 nitrogen and oxygen atoms in total. The molecule has 0 unspecified atom stereocenters. The molecule has 0 aliphatic heterocycles. The van der Waals surface area contributed by atoms with E-state index in [2.05, 4.69) is 5.32 Å². The molecule has 1 aromatic heterocycles. The van der Waals surface area contributed by atoms with E-state index in [4.69, 9.17) is 5.73 Å². The summed E-state index contributed by atoms with van der Waals surface area (Å²) in [6.07, 6.45) is -3.21. The largest absolute Gasteiger partial charge is 0.416 e. The van der Waals surface area contributed by atoms with E-state index in [1.165, 1.54) is 12.3 Å². The number of aromatic nitrogens is 1. The molecule has 8 heteroatoms. The molecule has 0 saturated heterocycles. The maximum atomic E-state index is 13.0. The zero-order valence-electron chi connectivity index (χ0n) is 15.0. The number of hydrogen-bond donors (Lipinski definition) is 2. The van der Waals surface area contributed by atoms with Gasteiger partial charge in [-0.05, 0) is 42.8 Å². The van der Waals surface area contributed by atoms with Crippen LogP contribution < -0.4 is 16.5 Å². The van der Waals surface area contributed by atoms with Crippen molar-refractivity contribution in [1.82, 2.24) is 9.88 Å². The fourth-order valence-electron chi connectivity index (χ4n) is 2.91. The van der Waals surface area contributed by atoms with E-state index in [0.717, 1.165) is 17.7 Å². The SMILES string of the molecule is CCn1cc(C(=O)NCc2ccc(N)cc2)c(=O)c2cc(C(F)(F)F)ccc21. The lowest BCUT2D eigenvalue weighted by Gasteiger charge is -2.14. The van der Waals surface area contributed by atoms with Crippen LogP contribution in [0.25, 0.3) is 10.9 Å². The minimum atomic E-state index is -4.58. The molecular formula is C20H18F3N3O2. The number of aryl methyl sites for hydroxylation is 1. The van der Waals surface area contributed by atoms with Crippen molar-refractivity contribution in [3.63, 3.8) is 0 Å². The van der Waals surface area contributed by atoms with Gasteiger partial charge in [0.05, 0.1) is 11.1 Å². The number of carbonyl (C=O) groups excluding carboxylic acids is 1. The van der Waals surface area contributed by atoms with Gasteiger partial charge in [-0.2, -0.15) is 13.2 Å². The van der Waals surface area contributed by atoms with Crippen molar-refractivity contribution in [2.75, 3.05) is 5.73 Å². The van der Waals surface area contributed by atoms with Gasteiger partial charge < -0.3 is 15.6 Å². The number of amides is 1. The predicted molar refractivity (Wildman–Crippen MR) is 101 cm³/mol. The Kier molecular flexibility index (Phi) is 5.13. The third kappa shape index (κ3) is 3.85. The van der Waals surface area contributed by atoms with Crippen LogP contribution in [0.15, 0.2) is 53.5 Å². The molecular weight excluding hydrogens is 371 g/mol. The Balaban J connectivity index is 1.99. The van der Waals surface area contributed by atoms with E-state index in [-0.39, 0.29) is 17.5 Å². The molecule has 0 bridgehead atoms. The molecule has 2 aromatic carbocycles. The number of nitrogen functional groups attached to an aromatic ring is 1. The van der Waals surface area contributed by atoms with Crippen LogP contribution in [0.3, 0.4) is 0 Å². The Morgan fingerprint density at radius 1 is 1.14 bits per heavy atom. The molecule has 0 radical (unpaired) electrons. The van der Waals surface area contributed by atoms with E-state index >= 15 is 0 Å². The molecule has 1 amide bonds. The number of carbonyl (C=O) groups is 1. The van der Waals surface area contributed by atoms with Crippen molar-refractivity contribution < 1.29 is 18.0 Å². The summed E-state index contributed by atoms with van der Waals surface area (Å²) in [5.74, 6) is -0.650. The lowest BCUT2D eigenvalue weighted by Crippen LogP contribution is -2.29. The van der Waals surface area contributed by atoms with Gasteiger partial charge in [0, 0.05) is 30.4 Å². The van der Waals surface area contributed by atoms with E-state index in [1.54, 1.807) is 35.8 Å². The average Bonchev–Trinajstić information content (AvgIpc) is 2.66. The molecule has 0 atom stereocenters. The predicted octanol–water partition coefficient (Wildman–Crippen LogP) is 3.55. The average molecular weight is 389 g/mol. The van der Waals surface area contributed by atoms with Gasteiger partial charge in [0.2, 0.25) is 5.43 Å². The second kappa shape index (κ2) is 7.38. The number of benzene rings is 2. The third-order valence-electron chi connectivity index (χ3n) is 4.43. The highest BCUT2D eigenvalue weighted by Crippen LogP contribution is 2.30. The number of alkyl halides is 3. The van der Waals surface area contributed by atoms with Gasteiger partial charge >= 0.3 is 6.18 Å². The van der Waals surface area contributed by atoms with Gasteiger partial charge in [-0.3, -0.25) is 9.59 Å². The number of hydrogen-bond acceptors (Lipinski definition) is 3. The first kappa shape index (κ1) is 19.5. The van der Waals surface area contributed by atoms with Crippen LogP contribution in [0, 0.1) is 0 Å². The topological polar surface area (TPSA) is 77.1 Å². The Morgan fingerprint density at radius 3 is 2.43 bits per heavy atom. The summed E-state index contributed by atoms with van der Waals surface area (Å²) in [5, 5.41) is 2.48. The monoisotopic (exact) mass is 389 g/mol. The van der Waals surface area contributed by atoms with Crippen molar-refractivity contribution in [1.29, 1.82) is 0 Å².